The van der Waals surface area contributed by atoms with Crippen LogP contribution in [0.5, 0.6) is 0 Å². The predicted molar refractivity (Wildman–Crippen MR) is 106 cm³/mol. The van der Waals surface area contributed by atoms with Gasteiger partial charge in [0.2, 0.25) is 0 Å². The molecule has 0 aliphatic heterocycles. The Labute approximate surface area is 149 Å². The molecular weight excluding hydrogens is 300 g/mol. The molecule has 1 unspecified atom stereocenters. The van der Waals surface area contributed by atoms with Gasteiger partial charge in [-0.1, -0.05) is 78.9 Å². The topological polar surface area (TPSA) is 0 Å². The zero-order valence-electron chi connectivity index (χ0n) is 14.6. The van der Waals surface area contributed by atoms with E-state index in [0.29, 0.717) is 0 Å². The van der Waals surface area contributed by atoms with Crippen LogP contribution >= 0.6 is 0 Å². The van der Waals surface area contributed by atoms with Crippen LogP contribution in [0, 0.1) is 6.92 Å². The third-order valence-electron chi connectivity index (χ3n) is 5.91. The van der Waals surface area contributed by atoms with E-state index in [0.717, 1.165) is 19.3 Å². The number of hydrogen-bond donors (Lipinski definition) is 0. The van der Waals surface area contributed by atoms with E-state index in [1.807, 2.05) is 0 Å². The van der Waals surface area contributed by atoms with Crippen LogP contribution < -0.4 is 0 Å². The third-order valence-corrected chi connectivity index (χ3v) is 5.91. The first kappa shape index (κ1) is 14.7. The maximum atomic E-state index is 2.46. The van der Waals surface area contributed by atoms with Crippen LogP contribution in [-0.4, -0.2) is 0 Å². The molecule has 3 aliphatic carbocycles. The standard InChI is InChI=1S/C25H22/c1-18-10-8-16-22-21-15-9-17-23(21)25(24(18)22,19-11-4-2-5-12-19)20-13-6-3-7-14-20/h2,4-6,8,10-17H,3,7,9H2,1H3. The Morgan fingerprint density at radius 2 is 1.72 bits per heavy atom. The van der Waals surface area contributed by atoms with Crippen LogP contribution in [0.3, 0.4) is 0 Å². The van der Waals surface area contributed by atoms with Gasteiger partial charge in [0.05, 0.1) is 5.41 Å². The molecule has 0 spiro atoms. The molecule has 2 aromatic carbocycles. The zero-order valence-corrected chi connectivity index (χ0v) is 14.6. The average molecular weight is 322 g/mol. The summed E-state index contributed by atoms with van der Waals surface area (Å²) < 4.78 is 0. The Hall–Kier alpha value is -2.60. The lowest BCUT2D eigenvalue weighted by Gasteiger charge is -2.36. The van der Waals surface area contributed by atoms with Crippen molar-refractivity contribution in [2.24, 2.45) is 0 Å². The fourth-order valence-corrected chi connectivity index (χ4v) is 5.00. The molecule has 0 heterocycles. The van der Waals surface area contributed by atoms with E-state index in [1.165, 1.54) is 39.0 Å². The van der Waals surface area contributed by atoms with Crippen molar-refractivity contribution in [3.63, 3.8) is 0 Å². The monoisotopic (exact) mass is 322 g/mol. The molecule has 2 aromatic rings. The Morgan fingerprint density at radius 3 is 2.52 bits per heavy atom. The van der Waals surface area contributed by atoms with Gasteiger partial charge in [-0.3, -0.25) is 0 Å². The lowest BCUT2D eigenvalue weighted by Crippen LogP contribution is -2.30. The Kier molecular flexibility index (Phi) is 3.21. The number of aryl methyl sites for hydroxylation is 1. The van der Waals surface area contributed by atoms with E-state index in [-0.39, 0.29) is 5.41 Å². The van der Waals surface area contributed by atoms with Crippen molar-refractivity contribution >= 4 is 5.57 Å². The number of hydrogen-bond acceptors (Lipinski definition) is 0. The average Bonchev–Trinajstić information content (AvgIpc) is 3.24. The summed E-state index contributed by atoms with van der Waals surface area (Å²) in [6.07, 6.45) is 15.4. The van der Waals surface area contributed by atoms with Gasteiger partial charge in [-0.05, 0) is 65.2 Å². The van der Waals surface area contributed by atoms with E-state index in [4.69, 9.17) is 0 Å². The summed E-state index contributed by atoms with van der Waals surface area (Å²) in [5.74, 6) is 0. The molecule has 0 heteroatoms. The van der Waals surface area contributed by atoms with Crippen LogP contribution in [0.1, 0.15) is 41.5 Å². The summed E-state index contributed by atoms with van der Waals surface area (Å²) in [4.78, 5) is 0. The summed E-state index contributed by atoms with van der Waals surface area (Å²) in [5, 5.41) is 0. The highest BCUT2D eigenvalue weighted by atomic mass is 14.5. The number of allylic oxidation sites excluding steroid dienone is 8. The van der Waals surface area contributed by atoms with Crippen LogP contribution in [0.2, 0.25) is 0 Å². The molecule has 0 saturated carbocycles. The van der Waals surface area contributed by atoms with E-state index in [9.17, 15) is 0 Å². The van der Waals surface area contributed by atoms with Gasteiger partial charge < -0.3 is 0 Å². The van der Waals surface area contributed by atoms with Crippen LogP contribution in [0.25, 0.3) is 5.57 Å². The second-order valence-corrected chi connectivity index (χ2v) is 7.22. The van der Waals surface area contributed by atoms with E-state index >= 15 is 0 Å². The molecule has 0 saturated heterocycles. The smallest absolute Gasteiger partial charge is 0.0709 e. The molecule has 0 bridgehead atoms. The molecule has 25 heavy (non-hydrogen) atoms. The summed E-state index contributed by atoms with van der Waals surface area (Å²) in [7, 11) is 0. The highest BCUT2D eigenvalue weighted by molar-refractivity contribution is 5.96. The van der Waals surface area contributed by atoms with E-state index in [1.54, 1.807) is 0 Å². The lowest BCUT2D eigenvalue weighted by molar-refractivity contribution is 0.745. The van der Waals surface area contributed by atoms with Crippen molar-refractivity contribution in [3.05, 3.63) is 112 Å². The maximum Gasteiger partial charge on any atom is 0.0709 e. The van der Waals surface area contributed by atoms with Crippen molar-refractivity contribution < 1.29 is 0 Å². The molecule has 1 atom stereocenters. The van der Waals surface area contributed by atoms with Gasteiger partial charge in [-0.15, -0.1) is 0 Å². The quantitative estimate of drug-likeness (QED) is 0.610. The van der Waals surface area contributed by atoms with E-state index < -0.39 is 0 Å². The zero-order chi connectivity index (χ0) is 16.9. The Bertz CT molecular complexity index is 966. The molecule has 0 amide bonds. The first-order valence-corrected chi connectivity index (χ1v) is 9.28. The Morgan fingerprint density at radius 1 is 0.840 bits per heavy atom. The van der Waals surface area contributed by atoms with Gasteiger partial charge in [-0.25, -0.2) is 0 Å². The van der Waals surface area contributed by atoms with Crippen LogP contribution in [-0.2, 0) is 5.41 Å². The molecule has 0 nitrogen and oxygen atoms in total. The Balaban J connectivity index is 1.93. The van der Waals surface area contributed by atoms with Gasteiger partial charge in [0.25, 0.3) is 0 Å². The molecule has 5 rings (SSSR count). The molecule has 0 N–H and O–H groups in total. The SMILES string of the molecule is Cc1cccc2c1C(C1=CCCC=C1)(c1ccccc1)C1=CCC=C12. The minimum atomic E-state index is -0.152. The predicted octanol–water partition coefficient (Wildman–Crippen LogP) is 6.28. The maximum absolute atomic E-state index is 2.46. The minimum absolute atomic E-state index is 0.152. The number of benzene rings is 2. The summed E-state index contributed by atoms with van der Waals surface area (Å²) in [5.41, 5.74) is 9.91. The van der Waals surface area contributed by atoms with Gasteiger partial charge in [0, 0.05) is 0 Å². The largest absolute Gasteiger partial charge is 0.0839 e. The number of rotatable bonds is 2. The molecule has 0 radical (unpaired) electrons. The van der Waals surface area contributed by atoms with Crippen molar-refractivity contribution in [1.29, 1.82) is 0 Å². The number of fused-ring (bicyclic) bond motifs is 3. The molecule has 3 aliphatic rings. The second kappa shape index (κ2) is 5.46. The first-order chi connectivity index (χ1) is 12.3. The fraction of sp³-hybridized carbons (Fsp3) is 0.200. The highest BCUT2D eigenvalue weighted by Gasteiger charge is 2.50. The minimum Gasteiger partial charge on any atom is -0.0839 e. The summed E-state index contributed by atoms with van der Waals surface area (Å²) >= 11 is 0. The van der Waals surface area contributed by atoms with Gasteiger partial charge in [0.1, 0.15) is 0 Å². The van der Waals surface area contributed by atoms with Crippen LogP contribution in [0.4, 0.5) is 0 Å². The fourth-order valence-electron chi connectivity index (χ4n) is 5.00. The highest BCUT2D eigenvalue weighted by Crippen LogP contribution is 2.60. The van der Waals surface area contributed by atoms with Gasteiger partial charge in [-0.2, -0.15) is 0 Å². The van der Waals surface area contributed by atoms with Crippen molar-refractivity contribution in [3.8, 4) is 0 Å². The summed E-state index contributed by atoms with van der Waals surface area (Å²) in [6.45, 7) is 2.27. The normalized spacial score (nSPS) is 23.6. The van der Waals surface area contributed by atoms with Crippen LogP contribution in [0.15, 0.2) is 90.1 Å². The molecule has 0 aromatic heterocycles. The van der Waals surface area contributed by atoms with Crippen molar-refractivity contribution in [1.82, 2.24) is 0 Å². The molecular formula is C25H22. The molecule has 0 fully saturated rings. The van der Waals surface area contributed by atoms with Crippen molar-refractivity contribution in [2.75, 3.05) is 0 Å². The summed E-state index contributed by atoms with van der Waals surface area (Å²) in [6, 6.07) is 17.9. The first-order valence-electron chi connectivity index (χ1n) is 9.28. The molecule has 122 valence electrons. The van der Waals surface area contributed by atoms with Crippen molar-refractivity contribution in [2.45, 2.75) is 31.6 Å². The van der Waals surface area contributed by atoms with Gasteiger partial charge in [0.15, 0.2) is 0 Å². The lowest BCUT2D eigenvalue weighted by atomic mass is 9.65. The van der Waals surface area contributed by atoms with E-state index in [2.05, 4.69) is 85.8 Å². The van der Waals surface area contributed by atoms with Gasteiger partial charge >= 0.3 is 0 Å². The third kappa shape index (κ3) is 1.88. The second-order valence-electron chi connectivity index (χ2n) is 7.22.